The number of anilines is 2. The van der Waals surface area contributed by atoms with E-state index in [2.05, 4.69) is 15.7 Å². The molecule has 1 aromatic carbocycles. The van der Waals surface area contributed by atoms with Gasteiger partial charge in [-0.3, -0.25) is 0 Å². The number of benzene rings is 1. The lowest BCUT2D eigenvalue weighted by atomic mass is 10.3. The van der Waals surface area contributed by atoms with Crippen LogP contribution in [0.1, 0.15) is 5.69 Å². The molecule has 0 radical (unpaired) electrons. The van der Waals surface area contributed by atoms with Crippen LogP contribution in [0.4, 0.5) is 15.9 Å². The summed E-state index contributed by atoms with van der Waals surface area (Å²) in [6.07, 6.45) is 0. The zero-order chi connectivity index (χ0) is 11.8. The molecule has 1 atom stereocenters. The highest BCUT2D eigenvalue weighted by Crippen LogP contribution is 2.30. The highest BCUT2D eigenvalue weighted by atomic mass is 32.2. The lowest BCUT2D eigenvalue weighted by Gasteiger charge is -2.12. The van der Waals surface area contributed by atoms with Gasteiger partial charge in [0.15, 0.2) is 5.50 Å². The fraction of sp³-hybridized carbons (Fsp3) is 0.182. The molecule has 0 saturated carbocycles. The quantitative estimate of drug-likeness (QED) is 0.860. The first-order valence-electron chi connectivity index (χ1n) is 5.23. The molecule has 0 saturated heterocycles. The van der Waals surface area contributed by atoms with E-state index in [0.29, 0.717) is 0 Å². The van der Waals surface area contributed by atoms with Gasteiger partial charge in [0.2, 0.25) is 0 Å². The third kappa shape index (κ3) is 2.08. The van der Waals surface area contributed by atoms with Gasteiger partial charge < -0.3 is 10.6 Å². The average Bonchev–Trinajstić information content (AvgIpc) is 2.78. The summed E-state index contributed by atoms with van der Waals surface area (Å²) in [5.74, 6) is 0.748. The van der Waals surface area contributed by atoms with Gasteiger partial charge in [-0.15, -0.1) is 0 Å². The summed E-state index contributed by atoms with van der Waals surface area (Å²) >= 11 is 1.55. The van der Waals surface area contributed by atoms with Crippen LogP contribution in [0.25, 0.3) is 0 Å². The number of hydrogen-bond donors (Lipinski definition) is 2. The van der Waals surface area contributed by atoms with Crippen LogP contribution in [0.2, 0.25) is 0 Å². The number of hydrogen-bond acceptors (Lipinski definition) is 4. The standard InChI is InChI=1S/C11H11FN4S/c1-7-6-10-14-11(17-16(10)15-7)13-9-4-2-8(12)3-5-9/h2-6,11,13-14H,1H3/t11-/m0/s1. The molecule has 2 aromatic rings. The summed E-state index contributed by atoms with van der Waals surface area (Å²) in [6.45, 7) is 1.95. The molecule has 1 aliphatic rings. The largest absolute Gasteiger partial charge is 0.355 e. The van der Waals surface area contributed by atoms with Crippen molar-refractivity contribution in [2.75, 3.05) is 10.6 Å². The molecule has 4 nitrogen and oxygen atoms in total. The number of rotatable bonds is 2. The van der Waals surface area contributed by atoms with Crippen LogP contribution in [0.5, 0.6) is 0 Å². The maximum atomic E-state index is 12.7. The molecule has 17 heavy (non-hydrogen) atoms. The minimum Gasteiger partial charge on any atom is -0.355 e. The van der Waals surface area contributed by atoms with Gasteiger partial charge in [0, 0.05) is 23.7 Å². The maximum absolute atomic E-state index is 12.7. The van der Waals surface area contributed by atoms with Gasteiger partial charge in [-0.25, -0.2) is 4.39 Å². The second kappa shape index (κ2) is 3.96. The highest BCUT2D eigenvalue weighted by Gasteiger charge is 2.22. The first-order valence-corrected chi connectivity index (χ1v) is 6.07. The Morgan fingerprint density at radius 2 is 2.18 bits per heavy atom. The molecule has 0 spiro atoms. The Balaban J connectivity index is 1.69. The van der Waals surface area contributed by atoms with Crippen molar-refractivity contribution in [3.05, 3.63) is 41.8 Å². The maximum Gasteiger partial charge on any atom is 0.168 e. The molecule has 0 aliphatic carbocycles. The fourth-order valence-electron chi connectivity index (χ4n) is 1.68. The van der Waals surface area contributed by atoms with Crippen molar-refractivity contribution in [2.24, 2.45) is 0 Å². The van der Waals surface area contributed by atoms with Crippen molar-refractivity contribution in [1.82, 2.24) is 9.19 Å². The second-order valence-electron chi connectivity index (χ2n) is 3.82. The zero-order valence-electron chi connectivity index (χ0n) is 9.14. The van der Waals surface area contributed by atoms with Gasteiger partial charge in [-0.2, -0.15) is 9.19 Å². The molecule has 0 amide bonds. The van der Waals surface area contributed by atoms with E-state index in [1.54, 1.807) is 24.1 Å². The summed E-state index contributed by atoms with van der Waals surface area (Å²) in [4.78, 5) is 0. The first kappa shape index (κ1) is 10.5. The van der Waals surface area contributed by atoms with E-state index in [-0.39, 0.29) is 11.3 Å². The number of halogens is 1. The van der Waals surface area contributed by atoms with Crippen molar-refractivity contribution < 1.29 is 4.39 Å². The molecule has 0 unspecified atom stereocenters. The predicted molar refractivity (Wildman–Crippen MR) is 67.4 cm³/mol. The predicted octanol–water partition coefficient (Wildman–Crippen LogP) is 2.65. The lowest BCUT2D eigenvalue weighted by molar-refractivity contribution is 0.628. The Bertz CT molecular complexity index is 513. The summed E-state index contributed by atoms with van der Waals surface area (Å²) in [6, 6.07) is 8.28. The summed E-state index contributed by atoms with van der Waals surface area (Å²) in [5.41, 5.74) is 1.88. The normalized spacial score (nSPS) is 17.6. The van der Waals surface area contributed by atoms with E-state index in [1.165, 1.54) is 12.1 Å². The topological polar surface area (TPSA) is 41.9 Å². The van der Waals surface area contributed by atoms with E-state index >= 15 is 0 Å². The monoisotopic (exact) mass is 250 g/mol. The second-order valence-corrected chi connectivity index (χ2v) is 4.85. The summed E-state index contributed by atoms with van der Waals surface area (Å²) in [7, 11) is 0. The SMILES string of the molecule is Cc1cc2n(n1)S[C@@H](Nc1ccc(F)cc1)N2. The van der Waals surface area contributed by atoms with Crippen LogP contribution in [0.3, 0.4) is 0 Å². The van der Waals surface area contributed by atoms with Gasteiger partial charge in [0.25, 0.3) is 0 Å². The van der Waals surface area contributed by atoms with Crippen LogP contribution in [-0.2, 0) is 0 Å². The molecule has 2 N–H and O–H groups in total. The van der Waals surface area contributed by atoms with Crippen LogP contribution >= 0.6 is 11.9 Å². The molecule has 1 aromatic heterocycles. The van der Waals surface area contributed by atoms with Crippen molar-refractivity contribution >= 4 is 23.5 Å². The summed E-state index contributed by atoms with van der Waals surface area (Å²) in [5, 5.41) is 10.8. The minimum absolute atomic E-state index is 0.0172. The average molecular weight is 250 g/mol. The summed E-state index contributed by atoms with van der Waals surface area (Å²) < 4.78 is 14.6. The Morgan fingerprint density at radius 3 is 2.88 bits per heavy atom. The molecule has 3 rings (SSSR count). The van der Waals surface area contributed by atoms with Crippen LogP contribution < -0.4 is 10.6 Å². The highest BCUT2D eigenvalue weighted by molar-refractivity contribution is 7.98. The van der Waals surface area contributed by atoms with Crippen LogP contribution in [-0.4, -0.2) is 14.7 Å². The number of nitrogens with one attached hydrogen (secondary N) is 2. The number of aromatic nitrogens is 2. The van der Waals surface area contributed by atoms with Crippen molar-refractivity contribution in [3.63, 3.8) is 0 Å². The van der Waals surface area contributed by atoms with Gasteiger partial charge in [-0.1, -0.05) is 0 Å². The first-order chi connectivity index (χ1) is 8.20. The van der Waals surface area contributed by atoms with Crippen molar-refractivity contribution in [2.45, 2.75) is 12.4 Å². The van der Waals surface area contributed by atoms with Gasteiger partial charge >= 0.3 is 0 Å². The van der Waals surface area contributed by atoms with Crippen molar-refractivity contribution in [3.8, 4) is 0 Å². The molecule has 0 fully saturated rings. The fourth-order valence-corrected chi connectivity index (χ4v) is 2.63. The molecule has 0 bridgehead atoms. The molecule has 88 valence electrons. The Hall–Kier alpha value is -1.69. The van der Waals surface area contributed by atoms with E-state index in [0.717, 1.165) is 17.2 Å². The van der Waals surface area contributed by atoms with Gasteiger partial charge in [-0.05, 0) is 31.2 Å². The smallest absolute Gasteiger partial charge is 0.168 e. The van der Waals surface area contributed by atoms with E-state index in [1.807, 2.05) is 17.1 Å². The minimum atomic E-state index is -0.230. The lowest BCUT2D eigenvalue weighted by Crippen LogP contribution is -2.21. The number of nitrogens with zero attached hydrogens (tertiary/aromatic N) is 2. The van der Waals surface area contributed by atoms with Gasteiger partial charge in [0.05, 0.1) is 5.69 Å². The molecule has 1 aliphatic heterocycles. The zero-order valence-corrected chi connectivity index (χ0v) is 9.96. The molecular formula is C11H11FN4S. The Morgan fingerprint density at radius 1 is 1.41 bits per heavy atom. The molecular weight excluding hydrogens is 239 g/mol. The third-order valence-corrected chi connectivity index (χ3v) is 3.35. The van der Waals surface area contributed by atoms with Crippen molar-refractivity contribution in [1.29, 1.82) is 0 Å². The van der Waals surface area contributed by atoms with E-state index in [9.17, 15) is 4.39 Å². The Kier molecular flexibility index (Phi) is 2.44. The van der Waals surface area contributed by atoms with Crippen LogP contribution in [0, 0.1) is 12.7 Å². The van der Waals surface area contributed by atoms with E-state index in [4.69, 9.17) is 0 Å². The van der Waals surface area contributed by atoms with E-state index < -0.39 is 0 Å². The van der Waals surface area contributed by atoms with Gasteiger partial charge in [0.1, 0.15) is 11.6 Å². The van der Waals surface area contributed by atoms with Crippen LogP contribution in [0.15, 0.2) is 30.3 Å². The Labute approximate surface area is 102 Å². The molecule has 6 heteroatoms. The number of fused-ring (bicyclic) bond motifs is 1. The molecule has 2 heterocycles. The third-order valence-electron chi connectivity index (χ3n) is 2.43. The number of aryl methyl sites for hydroxylation is 1.